The molecule has 4 atom stereocenters. The number of methoxy groups -OCH3 is 2. The largest absolute Gasteiger partial charge is 0.493 e. The fourth-order valence-corrected chi connectivity index (χ4v) is 4.89. The number of rotatable bonds is 7. The van der Waals surface area contributed by atoms with E-state index in [0.29, 0.717) is 49.1 Å². The van der Waals surface area contributed by atoms with E-state index in [4.69, 9.17) is 9.47 Å². The summed E-state index contributed by atoms with van der Waals surface area (Å²) in [5.41, 5.74) is 0.262. The summed E-state index contributed by atoms with van der Waals surface area (Å²) in [5, 5.41) is 3.29. The molecule has 1 N–H and O–H groups in total. The number of hydrogen-bond donors (Lipinski definition) is 1. The Bertz CT molecular complexity index is 780. The van der Waals surface area contributed by atoms with Crippen molar-refractivity contribution in [2.24, 2.45) is 11.8 Å². The van der Waals surface area contributed by atoms with Crippen LogP contribution < -0.4 is 14.8 Å². The van der Waals surface area contributed by atoms with Crippen LogP contribution in [0.2, 0.25) is 0 Å². The van der Waals surface area contributed by atoms with Gasteiger partial charge in [-0.1, -0.05) is 32.8 Å². The van der Waals surface area contributed by atoms with Crippen molar-refractivity contribution in [3.63, 3.8) is 0 Å². The molecule has 1 heterocycles. The van der Waals surface area contributed by atoms with Crippen molar-refractivity contribution in [1.82, 2.24) is 10.2 Å². The summed E-state index contributed by atoms with van der Waals surface area (Å²) in [6.45, 7) is 6.92. The first-order chi connectivity index (χ1) is 14.3. The SMILES string of the molecule is COc1ccc(CCN2C(=O)CC[C@]2(C)C(=O)N[C@@H]2CCC[C@H](C)[C@H]2C)cc1OC. The van der Waals surface area contributed by atoms with E-state index >= 15 is 0 Å². The van der Waals surface area contributed by atoms with Crippen LogP contribution in [0.1, 0.15) is 58.4 Å². The Kier molecular flexibility index (Phi) is 6.94. The van der Waals surface area contributed by atoms with Crippen LogP contribution in [0.4, 0.5) is 0 Å². The van der Waals surface area contributed by atoms with Gasteiger partial charge in [0.05, 0.1) is 14.2 Å². The van der Waals surface area contributed by atoms with Crippen LogP contribution in [0.25, 0.3) is 0 Å². The highest BCUT2D eigenvalue weighted by atomic mass is 16.5. The maximum absolute atomic E-state index is 13.3. The zero-order valence-electron chi connectivity index (χ0n) is 19.0. The lowest BCUT2D eigenvalue weighted by Crippen LogP contribution is -2.58. The minimum Gasteiger partial charge on any atom is -0.493 e. The Morgan fingerprint density at radius 3 is 2.63 bits per heavy atom. The minimum atomic E-state index is -0.784. The zero-order valence-corrected chi connectivity index (χ0v) is 19.0. The van der Waals surface area contributed by atoms with Crippen molar-refractivity contribution in [2.45, 2.75) is 70.9 Å². The zero-order chi connectivity index (χ0) is 21.9. The normalized spacial score (nSPS) is 29.0. The predicted molar refractivity (Wildman–Crippen MR) is 117 cm³/mol. The molecule has 2 amide bonds. The van der Waals surface area contributed by atoms with Gasteiger partial charge in [-0.3, -0.25) is 9.59 Å². The Morgan fingerprint density at radius 1 is 1.20 bits per heavy atom. The van der Waals surface area contributed by atoms with Crippen LogP contribution in [-0.4, -0.2) is 49.1 Å². The number of hydrogen-bond acceptors (Lipinski definition) is 4. The van der Waals surface area contributed by atoms with Crippen molar-refractivity contribution in [2.75, 3.05) is 20.8 Å². The quantitative estimate of drug-likeness (QED) is 0.738. The average molecular weight is 417 g/mol. The molecule has 0 aromatic heterocycles. The number of carbonyl (C=O) groups is 2. The molecule has 0 radical (unpaired) electrons. The van der Waals surface area contributed by atoms with Crippen molar-refractivity contribution in [1.29, 1.82) is 0 Å². The van der Waals surface area contributed by atoms with Gasteiger partial charge in [-0.2, -0.15) is 0 Å². The monoisotopic (exact) mass is 416 g/mol. The first-order valence-corrected chi connectivity index (χ1v) is 11.1. The van der Waals surface area contributed by atoms with Gasteiger partial charge in [-0.05, 0) is 55.7 Å². The van der Waals surface area contributed by atoms with Gasteiger partial charge in [0.1, 0.15) is 5.54 Å². The number of likely N-dealkylation sites (tertiary alicyclic amines) is 1. The lowest BCUT2D eigenvalue weighted by molar-refractivity contribution is -0.141. The average Bonchev–Trinajstić information content (AvgIpc) is 3.04. The Morgan fingerprint density at radius 2 is 1.93 bits per heavy atom. The summed E-state index contributed by atoms with van der Waals surface area (Å²) in [7, 11) is 3.22. The van der Waals surface area contributed by atoms with Crippen molar-refractivity contribution >= 4 is 11.8 Å². The van der Waals surface area contributed by atoms with Crippen LogP contribution >= 0.6 is 0 Å². The summed E-state index contributed by atoms with van der Waals surface area (Å²) in [6, 6.07) is 5.98. The third kappa shape index (κ3) is 4.42. The molecule has 1 saturated carbocycles. The molecular formula is C24H36N2O4. The molecule has 166 valence electrons. The van der Waals surface area contributed by atoms with E-state index in [9.17, 15) is 9.59 Å². The third-order valence-corrected chi connectivity index (χ3v) is 7.31. The highest BCUT2D eigenvalue weighted by molar-refractivity contribution is 5.94. The predicted octanol–water partition coefficient (Wildman–Crippen LogP) is 3.57. The third-order valence-electron chi connectivity index (χ3n) is 7.31. The Labute approximate surface area is 180 Å². The van der Waals surface area contributed by atoms with E-state index in [1.807, 2.05) is 25.1 Å². The van der Waals surface area contributed by atoms with Crippen LogP contribution in [-0.2, 0) is 16.0 Å². The van der Waals surface area contributed by atoms with Crippen LogP contribution in [0.15, 0.2) is 18.2 Å². The molecule has 2 aliphatic rings. The Balaban J connectivity index is 1.69. The van der Waals surface area contributed by atoms with Gasteiger partial charge in [0.15, 0.2) is 11.5 Å². The van der Waals surface area contributed by atoms with Crippen molar-refractivity contribution in [3.8, 4) is 11.5 Å². The molecule has 0 spiro atoms. The van der Waals surface area contributed by atoms with Crippen LogP contribution in [0.3, 0.4) is 0 Å². The molecule has 30 heavy (non-hydrogen) atoms. The Hall–Kier alpha value is -2.24. The highest BCUT2D eigenvalue weighted by Gasteiger charge is 2.47. The second-order valence-corrected chi connectivity index (χ2v) is 9.11. The maximum Gasteiger partial charge on any atom is 0.245 e. The number of carbonyl (C=O) groups excluding carboxylic acids is 2. The van der Waals surface area contributed by atoms with E-state index in [1.54, 1.807) is 19.1 Å². The summed E-state index contributed by atoms with van der Waals surface area (Å²) in [6.07, 6.45) is 5.04. The molecule has 6 heteroatoms. The molecule has 0 unspecified atom stereocenters. The molecular weight excluding hydrogens is 380 g/mol. The molecule has 2 fully saturated rings. The van der Waals surface area contributed by atoms with Gasteiger partial charge in [-0.25, -0.2) is 0 Å². The molecule has 3 rings (SSSR count). The van der Waals surface area contributed by atoms with Gasteiger partial charge in [0.25, 0.3) is 0 Å². The molecule has 1 saturated heterocycles. The van der Waals surface area contributed by atoms with Gasteiger partial charge in [0.2, 0.25) is 11.8 Å². The number of ether oxygens (including phenoxy) is 2. The van der Waals surface area contributed by atoms with Gasteiger partial charge in [-0.15, -0.1) is 0 Å². The lowest BCUT2D eigenvalue weighted by Gasteiger charge is -2.39. The molecule has 1 aliphatic carbocycles. The highest BCUT2D eigenvalue weighted by Crippen LogP contribution is 2.34. The lowest BCUT2D eigenvalue weighted by atomic mass is 9.77. The molecule has 1 aromatic carbocycles. The first kappa shape index (κ1) is 22.4. The van der Waals surface area contributed by atoms with E-state index < -0.39 is 5.54 Å². The van der Waals surface area contributed by atoms with Gasteiger partial charge in [0, 0.05) is 19.0 Å². The molecule has 1 aliphatic heterocycles. The number of benzene rings is 1. The topological polar surface area (TPSA) is 67.9 Å². The summed E-state index contributed by atoms with van der Waals surface area (Å²) < 4.78 is 10.7. The standard InChI is InChI=1S/C24H36N2O4/c1-16-7-6-8-19(17(16)2)25-23(28)24(3)13-11-22(27)26(24)14-12-18-9-10-20(29-4)21(15-18)30-5/h9-10,15-17,19H,6-8,11-14H2,1-5H3,(H,25,28)/t16-,17+,19+,24+/m0/s1. The maximum atomic E-state index is 13.3. The number of amides is 2. The second kappa shape index (κ2) is 9.27. The van der Waals surface area contributed by atoms with Crippen molar-refractivity contribution in [3.05, 3.63) is 23.8 Å². The summed E-state index contributed by atoms with van der Waals surface area (Å²) in [5.74, 6) is 2.47. The van der Waals surface area contributed by atoms with E-state index in [1.165, 1.54) is 6.42 Å². The van der Waals surface area contributed by atoms with Gasteiger partial charge < -0.3 is 19.7 Å². The van der Waals surface area contributed by atoms with E-state index in [-0.39, 0.29) is 17.9 Å². The van der Waals surface area contributed by atoms with Crippen LogP contribution in [0.5, 0.6) is 11.5 Å². The minimum absolute atomic E-state index is 0.00777. The van der Waals surface area contributed by atoms with Crippen LogP contribution in [0, 0.1) is 11.8 Å². The second-order valence-electron chi connectivity index (χ2n) is 9.11. The molecule has 0 bridgehead atoms. The fraction of sp³-hybridized carbons (Fsp3) is 0.667. The number of nitrogens with zero attached hydrogens (tertiary/aromatic N) is 1. The van der Waals surface area contributed by atoms with E-state index in [0.717, 1.165) is 18.4 Å². The molecule has 1 aromatic rings. The van der Waals surface area contributed by atoms with Crippen molar-refractivity contribution < 1.29 is 19.1 Å². The summed E-state index contributed by atoms with van der Waals surface area (Å²) >= 11 is 0. The van der Waals surface area contributed by atoms with E-state index in [2.05, 4.69) is 19.2 Å². The smallest absolute Gasteiger partial charge is 0.245 e. The summed E-state index contributed by atoms with van der Waals surface area (Å²) in [4.78, 5) is 27.7. The number of nitrogens with one attached hydrogen (secondary N) is 1. The first-order valence-electron chi connectivity index (χ1n) is 11.1. The fourth-order valence-electron chi connectivity index (χ4n) is 4.89. The van der Waals surface area contributed by atoms with Gasteiger partial charge >= 0.3 is 0 Å². The molecule has 6 nitrogen and oxygen atoms in total.